The van der Waals surface area contributed by atoms with E-state index in [1.807, 2.05) is 13.8 Å². The van der Waals surface area contributed by atoms with Crippen LogP contribution in [0.15, 0.2) is 12.1 Å². The lowest BCUT2D eigenvalue weighted by Gasteiger charge is -2.12. The van der Waals surface area contributed by atoms with E-state index in [0.717, 1.165) is 5.69 Å². The monoisotopic (exact) mass is 251 g/mol. The van der Waals surface area contributed by atoms with Gasteiger partial charge in [-0.05, 0) is 25.0 Å². The molecule has 0 saturated carbocycles. The van der Waals surface area contributed by atoms with Crippen LogP contribution in [0.3, 0.4) is 0 Å². The van der Waals surface area contributed by atoms with Crippen LogP contribution in [0.2, 0.25) is 0 Å². The van der Waals surface area contributed by atoms with Gasteiger partial charge in [0, 0.05) is 32.0 Å². The van der Waals surface area contributed by atoms with Crippen LogP contribution in [0.1, 0.15) is 23.0 Å². The summed E-state index contributed by atoms with van der Waals surface area (Å²) in [6.45, 7) is 5.13. The third-order valence-corrected chi connectivity index (χ3v) is 2.53. The number of methoxy groups -OCH3 is 1. The van der Waals surface area contributed by atoms with Crippen LogP contribution < -0.4 is 10.6 Å². The number of nitrogens with one attached hydrogen (secondary N) is 2. The number of carbonyl (C=O) groups excluding carboxylic acids is 1. The minimum Gasteiger partial charge on any atom is -0.384 e. The molecule has 1 atom stereocenters. The molecule has 1 rings (SSSR count). The van der Waals surface area contributed by atoms with Crippen molar-refractivity contribution in [3.05, 3.63) is 23.4 Å². The highest BCUT2D eigenvalue weighted by molar-refractivity contribution is 5.94. The number of hydrogen-bond donors (Lipinski definition) is 2. The van der Waals surface area contributed by atoms with E-state index in [0.29, 0.717) is 30.5 Å². The first-order chi connectivity index (χ1) is 8.56. The van der Waals surface area contributed by atoms with Gasteiger partial charge in [0.15, 0.2) is 0 Å². The van der Waals surface area contributed by atoms with Gasteiger partial charge >= 0.3 is 0 Å². The van der Waals surface area contributed by atoms with Crippen molar-refractivity contribution in [3.63, 3.8) is 0 Å². The van der Waals surface area contributed by atoms with Crippen molar-refractivity contribution in [3.8, 4) is 0 Å². The molecule has 2 N–H and O–H groups in total. The minimum atomic E-state index is -0.0834. The Morgan fingerprint density at radius 2 is 2.22 bits per heavy atom. The first-order valence-corrected chi connectivity index (χ1v) is 6.00. The Morgan fingerprint density at radius 1 is 1.50 bits per heavy atom. The van der Waals surface area contributed by atoms with Gasteiger partial charge in [0.2, 0.25) is 0 Å². The fourth-order valence-electron chi connectivity index (χ4n) is 1.64. The maximum absolute atomic E-state index is 12.0. The van der Waals surface area contributed by atoms with Crippen LogP contribution >= 0.6 is 0 Å². The molecule has 0 radical (unpaired) electrons. The van der Waals surface area contributed by atoms with Gasteiger partial charge in [0.1, 0.15) is 5.82 Å². The molecule has 0 aliphatic heterocycles. The quantitative estimate of drug-likeness (QED) is 0.803. The molecule has 0 aliphatic carbocycles. The van der Waals surface area contributed by atoms with Gasteiger partial charge in [-0.15, -0.1) is 0 Å². The maximum Gasteiger partial charge on any atom is 0.251 e. The molecule has 0 fully saturated rings. The third kappa shape index (κ3) is 4.33. The lowest BCUT2D eigenvalue weighted by atomic mass is 10.1. The number of pyridine rings is 1. The predicted octanol–water partition coefficient (Wildman–Crippen LogP) is 1.44. The van der Waals surface area contributed by atoms with Crippen molar-refractivity contribution in [2.24, 2.45) is 5.92 Å². The van der Waals surface area contributed by atoms with Crippen LogP contribution in [0.4, 0.5) is 5.82 Å². The standard InChI is InChI=1S/C13H21N3O2/c1-9(8-18-4)7-15-13(17)11-5-10(2)16-12(6-11)14-3/h5-6,9H,7-8H2,1-4H3,(H,14,16)(H,15,17). The Labute approximate surface area is 108 Å². The van der Waals surface area contributed by atoms with Crippen molar-refractivity contribution < 1.29 is 9.53 Å². The fraction of sp³-hybridized carbons (Fsp3) is 0.538. The normalized spacial score (nSPS) is 12.0. The number of rotatable bonds is 6. The lowest BCUT2D eigenvalue weighted by Crippen LogP contribution is -2.30. The molecule has 18 heavy (non-hydrogen) atoms. The summed E-state index contributed by atoms with van der Waals surface area (Å²) in [4.78, 5) is 16.2. The largest absolute Gasteiger partial charge is 0.384 e. The number of anilines is 1. The Balaban J connectivity index is 2.63. The average molecular weight is 251 g/mol. The second kappa shape index (κ2) is 6.96. The number of hydrogen-bond acceptors (Lipinski definition) is 4. The molecular weight excluding hydrogens is 230 g/mol. The molecule has 100 valence electrons. The molecule has 0 saturated heterocycles. The fourth-order valence-corrected chi connectivity index (χ4v) is 1.64. The molecule has 1 amide bonds. The Hall–Kier alpha value is -1.62. The van der Waals surface area contributed by atoms with Crippen molar-refractivity contribution in [2.45, 2.75) is 13.8 Å². The zero-order valence-corrected chi connectivity index (χ0v) is 11.4. The Kier molecular flexibility index (Phi) is 5.58. The van der Waals surface area contributed by atoms with E-state index in [2.05, 4.69) is 15.6 Å². The van der Waals surface area contributed by atoms with Gasteiger partial charge in [0.05, 0.1) is 6.61 Å². The summed E-state index contributed by atoms with van der Waals surface area (Å²) in [5.41, 5.74) is 1.44. The van der Waals surface area contributed by atoms with Gasteiger partial charge in [0.25, 0.3) is 5.91 Å². The van der Waals surface area contributed by atoms with Crippen molar-refractivity contribution in [1.82, 2.24) is 10.3 Å². The van der Waals surface area contributed by atoms with E-state index >= 15 is 0 Å². The number of ether oxygens (including phenoxy) is 1. The van der Waals surface area contributed by atoms with Crippen molar-refractivity contribution >= 4 is 11.7 Å². The molecule has 5 heteroatoms. The third-order valence-electron chi connectivity index (χ3n) is 2.53. The minimum absolute atomic E-state index is 0.0834. The van der Waals surface area contributed by atoms with Crippen LogP contribution in [0.5, 0.6) is 0 Å². The summed E-state index contributed by atoms with van der Waals surface area (Å²) in [5, 5.41) is 5.82. The van der Waals surface area contributed by atoms with Gasteiger partial charge in [-0.3, -0.25) is 4.79 Å². The predicted molar refractivity (Wildman–Crippen MR) is 71.9 cm³/mol. The molecule has 1 aromatic rings. The highest BCUT2D eigenvalue weighted by atomic mass is 16.5. The SMILES string of the molecule is CNc1cc(C(=O)NCC(C)COC)cc(C)n1. The average Bonchev–Trinajstić information content (AvgIpc) is 2.35. The molecule has 1 aromatic heterocycles. The summed E-state index contributed by atoms with van der Waals surface area (Å²) in [7, 11) is 3.44. The molecule has 0 aromatic carbocycles. The number of nitrogens with zero attached hydrogens (tertiary/aromatic N) is 1. The van der Waals surface area contributed by atoms with Gasteiger partial charge in [-0.1, -0.05) is 6.92 Å². The second-order valence-corrected chi connectivity index (χ2v) is 4.40. The molecule has 0 aliphatic rings. The summed E-state index contributed by atoms with van der Waals surface area (Å²) in [5.74, 6) is 0.913. The molecule has 0 bridgehead atoms. The second-order valence-electron chi connectivity index (χ2n) is 4.40. The zero-order valence-electron chi connectivity index (χ0n) is 11.4. The number of amides is 1. The first kappa shape index (κ1) is 14.4. The van der Waals surface area contributed by atoms with Crippen LogP contribution in [0.25, 0.3) is 0 Å². The zero-order chi connectivity index (χ0) is 13.5. The number of aromatic nitrogens is 1. The molecule has 1 unspecified atom stereocenters. The molecule has 0 spiro atoms. The van der Waals surface area contributed by atoms with Crippen LogP contribution in [-0.4, -0.2) is 38.2 Å². The molecule has 1 heterocycles. The van der Waals surface area contributed by atoms with Crippen molar-refractivity contribution in [1.29, 1.82) is 0 Å². The van der Waals surface area contributed by atoms with Gasteiger partial charge in [-0.25, -0.2) is 4.98 Å². The lowest BCUT2D eigenvalue weighted by molar-refractivity contribution is 0.0934. The maximum atomic E-state index is 12.0. The van der Waals surface area contributed by atoms with Crippen LogP contribution in [-0.2, 0) is 4.74 Å². The highest BCUT2D eigenvalue weighted by Gasteiger charge is 2.09. The van der Waals surface area contributed by atoms with E-state index in [9.17, 15) is 4.79 Å². The van der Waals surface area contributed by atoms with Crippen molar-refractivity contribution in [2.75, 3.05) is 32.6 Å². The summed E-state index contributed by atoms with van der Waals surface area (Å²) in [6.07, 6.45) is 0. The Bertz CT molecular complexity index is 407. The van der Waals surface area contributed by atoms with Gasteiger partial charge < -0.3 is 15.4 Å². The Morgan fingerprint density at radius 3 is 2.83 bits per heavy atom. The number of carbonyl (C=O) groups is 1. The molecule has 5 nitrogen and oxygen atoms in total. The van der Waals surface area contributed by atoms with E-state index < -0.39 is 0 Å². The van der Waals surface area contributed by atoms with E-state index in [1.165, 1.54) is 0 Å². The van der Waals surface area contributed by atoms with Gasteiger partial charge in [-0.2, -0.15) is 0 Å². The first-order valence-electron chi connectivity index (χ1n) is 6.00. The summed E-state index contributed by atoms with van der Waals surface area (Å²) < 4.78 is 5.03. The number of aryl methyl sites for hydroxylation is 1. The smallest absolute Gasteiger partial charge is 0.251 e. The summed E-state index contributed by atoms with van der Waals surface area (Å²) >= 11 is 0. The highest BCUT2D eigenvalue weighted by Crippen LogP contribution is 2.09. The van der Waals surface area contributed by atoms with E-state index in [1.54, 1.807) is 26.3 Å². The van der Waals surface area contributed by atoms with E-state index in [-0.39, 0.29) is 5.91 Å². The van der Waals surface area contributed by atoms with Crippen LogP contribution in [0, 0.1) is 12.8 Å². The summed E-state index contributed by atoms with van der Waals surface area (Å²) in [6, 6.07) is 3.51. The van der Waals surface area contributed by atoms with E-state index in [4.69, 9.17) is 4.74 Å². The molecular formula is C13H21N3O2. The topological polar surface area (TPSA) is 63.2 Å².